The molecule has 0 N–H and O–H groups in total. The quantitative estimate of drug-likeness (QED) is 0.740. The molecule has 0 saturated heterocycles. The van der Waals surface area contributed by atoms with E-state index in [0.717, 1.165) is 33.9 Å². The molecule has 5 heteroatoms. The lowest BCUT2D eigenvalue weighted by molar-refractivity contribution is 0.0554. The van der Waals surface area contributed by atoms with Crippen molar-refractivity contribution in [1.29, 1.82) is 0 Å². The van der Waals surface area contributed by atoms with Crippen LogP contribution in [0, 0.1) is 6.92 Å². The standard InChI is InChI=1S/C23H22O5/c1-12-9-18-15(10-17(12)25-4)20-19(11-26-18)27-22-13-7-8-23(2,3)28-16(13)6-5-14(22)21(20)24/h5-10,19-20H,11H2,1-4H3/t19-,20+/m1/s1. The first-order valence-corrected chi connectivity index (χ1v) is 9.45. The zero-order valence-corrected chi connectivity index (χ0v) is 16.4. The van der Waals surface area contributed by atoms with Gasteiger partial charge in [0.25, 0.3) is 0 Å². The Bertz CT molecular complexity index is 1030. The summed E-state index contributed by atoms with van der Waals surface area (Å²) >= 11 is 0. The minimum Gasteiger partial charge on any atom is -0.496 e. The summed E-state index contributed by atoms with van der Waals surface area (Å²) in [5.74, 6) is 2.42. The first-order chi connectivity index (χ1) is 13.4. The molecule has 0 unspecified atom stereocenters. The highest BCUT2D eigenvalue weighted by atomic mass is 16.5. The number of ketones is 1. The lowest BCUT2D eigenvalue weighted by atomic mass is 9.81. The minimum absolute atomic E-state index is 0.0442. The summed E-state index contributed by atoms with van der Waals surface area (Å²) in [5, 5.41) is 0. The van der Waals surface area contributed by atoms with Gasteiger partial charge in [-0.3, -0.25) is 4.79 Å². The highest BCUT2D eigenvalue weighted by Gasteiger charge is 2.44. The average molecular weight is 378 g/mol. The zero-order valence-electron chi connectivity index (χ0n) is 16.4. The van der Waals surface area contributed by atoms with E-state index in [1.807, 2.05) is 57.2 Å². The van der Waals surface area contributed by atoms with Crippen molar-refractivity contribution in [2.45, 2.75) is 38.4 Å². The maximum Gasteiger partial charge on any atom is 0.178 e. The molecule has 0 bridgehead atoms. The predicted octanol–water partition coefficient (Wildman–Crippen LogP) is 4.31. The van der Waals surface area contributed by atoms with Crippen molar-refractivity contribution >= 4 is 11.9 Å². The molecule has 5 rings (SSSR count). The van der Waals surface area contributed by atoms with Crippen LogP contribution in [0.15, 0.2) is 30.3 Å². The maximum atomic E-state index is 13.5. The second kappa shape index (κ2) is 5.77. The van der Waals surface area contributed by atoms with Crippen molar-refractivity contribution in [3.8, 4) is 23.0 Å². The number of carbonyl (C=O) groups is 1. The van der Waals surface area contributed by atoms with Crippen molar-refractivity contribution in [2.75, 3.05) is 13.7 Å². The summed E-state index contributed by atoms with van der Waals surface area (Å²) in [6.45, 7) is 6.28. The van der Waals surface area contributed by atoms with E-state index in [2.05, 4.69) is 0 Å². The number of hydrogen-bond donors (Lipinski definition) is 0. The molecule has 3 aliphatic heterocycles. The zero-order chi connectivity index (χ0) is 19.6. The lowest BCUT2D eigenvalue weighted by Crippen LogP contribution is -2.43. The van der Waals surface area contributed by atoms with Crippen LogP contribution >= 0.6 is 0 Å². The smallest absolute Gasteiger partial charge is 0.178 e. The third-order valence-electron chi connectivity index (χ3n) is 5.63. The van der Waals surface area contributed by atoms with Gasteiger partial charge in [0.2, 0.25) is 0 Å². The number of ether oxygens (including phenoxy) is 4. The third-order valence-corrected chi connectivity index (χ3v) is 5.63. The van der Waals surface area contributed by atoms with Gasteiger partial charge in [-0.1, -0.05) is 0 Å². The molecule has 0 aromatic heterocycles. The third kappa shape index (κ3) is 2.42. The van der Waals surface area contributed by atoms with Crippen molar-refractivity contribution in [2.24, 2.45) is 0 Å². The van der Waals surface area contributed by atoms with E-state index in [0.29, 0.717) is 17.9 Å². The second-order valence-electron chi connectivity index (χ2n) is 8.06. The Kier molecular flexibility index (Phi) is 3.54. The normalized spacial score (nSPS) is 23.2. The average Bonchev–Trinajstić information content (AvgIpc) is 2.66. The Labute approximate surface area is 163 Å². The number of hydrogen-bond acceptors (Lipinski definition) is 5. The molecule has 0 spiro atoms. The molecule has 0 fully saturated rings. The summed E-state index contributed by atoms with van der Waals surface area (Å²) in [6, 6.07) is 7.50. The fourth-order valence-electron chi connectivity index (χ4n) is 4.22. The number of benzene rings is 2. The summed E-state index contributed by atoms with van der Waals surface area (Å²) in [7, 11) is 1.63. The number of fused-ring (bicyclic) bond motifs is 6. The summed E-state index contributed by atoms with van der Waals surface area (Å²) in [5.41, 5.74) is 2.81. The molecule has 0 radical (unpaired) electrons. The summed E-state index contributed by atoms with van der Waals surface area (Å²) in [4.78, 5) is 13.5. The van der Waals surface area contributed by atoms with E-state index in [4.69, 9.17) is 18.9 Å². The van der Waals surface area contributed by atoms with Crippen LogP contribution in [0.1, 0.15) is 46.8 Å². The number of Topliss-reactive ketones (excluding diaryl/α,β-unsaturated/α-hetero) is 1. The molecule has 2 atom stereocenters. The van der Waals surface area contributed by atoms with E-state index >= 15 is 0 Å². The molecular weight excluding hydrogens is 356 g/mol. The largest absolute Gasteiger partial charge is 0.496 e. The van der Waals surface area contributed by atoms with Crippen molar-refractivity contribution in [3.05, 3.63) is 52.6 Å². The van der Waals surface area contributed by atoms with Gasteiger partial charge in [-0.05, 0) is 62.8 Å². The first kappa shape index (κ1) is 17.2. The molecule has 28 heavy (non-hydrogen) atoms. The Hall–Kier alpha value is -2.95. The lowest BCUT2D eigenvalue weighted by Gasteiger charge is -2.38. The molecule has 2 aromatic carbocycles. The molecule has 5 nitrogen and oxygen atoms in total. The van der Waals surface area contributed by atoms with Gasteiger partial charge in [-0.25, -0.2) is 0 Å². The van der Waals surface area contributed by atoms with Crippen LogP contribution in [0.25, 0.3) is 6.08 Å². The minimum atomic E-state index is -0.409. The maximum absolute atomic E-state index is 13.5. The number of aryl methyl sites for hydroxylation is 1. The van der Waals surface area contributed by atoms with Crippen LogP contribution in [0.2, 0.25) is 0 Å². The monoisotopic (exact) mass is 378 g/mol. The van der Waals surface area contributed by atoms with Gasteiger partial charge in [0, 0.05) is 5.56 Å². The predicted molar refractivity (Wildman–Crippen MR) is 105 cm³/mol. The van der Waals surface area contributed by atoms with E-state index in [1.54, 1.807) is 7.11 Å². The Balaban J connectivity index is 1.62. The summed E-state index contributed by atoms with van der Waals surface area (Å²) in [6.07, 6.45) is 3.58. The van der Waals surface area contributed by atoms with E-state index < -0.39 is 5.92 Å². The van der Waals surface area contributed by atoms with Crippen molar-refractivity contribution in [3.63, 3.8) is 0 Å². The first-order valence-electron chi connectivity index (χ1n) is 9.45. The van der Waals surface area contributed by atoms with Gasteiger partial charge in [0.15, 0.2) is 5.78 Å². The van der Waals surface area contributed by atoms with Gasteiger partial charge in [-0.2, -0.15) is 0 Å². The van der Waals surface area contributed by atoms with Crippen LogP contribution in [0.3, 0.4) is 0 Å². The van der Waals surface area contributed by atoms with E-state index in [9.17, 15) is 4.79 Å². The Morgan fingerprint density at radius 1 is 1.18 bits per heavy atom. The van der Waals surface area contributed by atoms with Crippen LogP contribution in [0.4, 0.5) is 0 Å². The molecule has 0 amide bonds. The fraction of sp³-hybridized carbons (Fsp3) is 0.348. The molecule has 0 aliphatic carbocycles. The van der Waals surface area contributed by atoms with Crippen LogP contribution < -0.4 is 18.9 Å². The molecule has 3 heterocycles. The topological polar surface area (TPSA) is 54.0 Å². The molecule has 2 aromatic rings. The van der Waals surface area contributed by atoms with Gasteiger partial charge >= 0.3 is 0 Å². The number of rotatable bonds is 1. The Morgan fingerprint density at radius 2 is 2.00 bits per heavy atom. The van der Waals surface area contributed by atoms with Crippen molar-refractivity contribution in [1.82, 2.24) is 0 Å². The van der Waals surface area contributed by atoms with Gasteiger partial charge in [0.1, 0.15) is 41.3 Å². The van der Waals surface area contributed by atoms with Crippen LogP contribution in [-0.2, 0) is 0 Å². The van der Waals surface area contributed by atoms with Crippen LogP contribution in [0.5, 0.6) is 23.0 Å². The number of methoxy groups -OCH3 is 1. The van der Waals surface area contributed by atoms with Gasteiger partial charge in [-0.15, -0.1) is 0 Å². The van der Waals surface area contributed by atoms with Crippen LogP contribution in [-0.4, -0.2) is 31.2 Å². The van der Waals surface area contributed by atoms with E-state index in [-0.39, 0.29) is 17.5 Å². The molecular formula is C23H22O5. The van der Waals surface area contributed by atoms with Crippen molar-refractivity contribution < 1.29 is 23.7 Å². The highest BCUT2D eigenvalue weighted by molar-refractivity contribution is 6.06. The molecule has 0 saturated carbocycles. The Morgan fingerprint density at radius 3 is 2.79 bits per heavy atom. The highest BCUT2D eigenvalue weighted by Crippen LogP contribution is 2.48. The number of carbonyl (C=O) groups excluding carboxylic acids is 1. The van der Waals surface area contributed by atoms with E-state index in [1.165, 1.54) is 0 Å². The van der Waals surface area contributed by atoms with Gasteiger partial charge in [0.05, 0.1) is 24.2 Å². The molecule has 144 valence electrons. The summed E-state index contributed by atoms with van der Waals surface area (Å²) < 4.78 is 23.7. The second-order valence-corrected chi connectivity index (χ2v) is 8.06. The molecule has 3 aliphatic rings. The fourth-order valence-corrected chi connectivity index (χ4v) is 4.22. The van der Waals surface area contributed by atoms with Gasteiger partial charge < -0.3 is 18.9 Å². The SMILES string of the molecule is COc1cc2c(cc1C)OC[C@H]1Oc3c(ccc4c3C=CC(C)(C)O4)C(=O)[C@@H]21.